The van der Waals surface area contributed by atoms with Gasteiger partial charge in [0, 0.05) is 5.75 Å². The van der Waals surface area contributed by atoms with Gasteiger partial charge < -0.3 is 5.11 Å². The molecule has 142 valence electrons. The molecule has 0 aliphatic heterocycles. The van der Waals surface area contributed by atoms with Crippen LogP contribution in [-0.2, 0) is 10.2 Å². The van der Waals surface area contributed by atoms with Crippen LogP contribution in [-0.4, -0.2) is 22.6 Å². The number of aliphatic carboxylic acids is 1. The molecule has 1 aromatic carbocycles. The molecule has 0 saturated carbocycles. The lowest BCUT2D eigenvalue weighted by Crippen LogP contribution is -2.35. The highest BCUT2D eigenvalue weighted by Gasteiger charge is 2.35. The molecule has 1 N–H and O–H groups in total. The fraction of sp³-hybridized carbons (Fsp3) is 0.682. The van der Waals surface area contributed by atoms with Crippen LogP contribution in [0.25, 0.3) is 0 Å². The van der Waals surface area contributed by atoms with Gasteiger partial charge in [-0.2, -0.15) is 11.8 Å². The van der Waals surface area contributed by atoms with Crippen molar-refractivity contribution < 1.29 is 9.90 Å². The number of hydrogen-bond donors (Lipinski definition) is 1. The second kappa shape index (κ2) is 12.4. The third kappa shape index (κ3) is 7.85. The SMILES string of the molecule is CCCCCCC(CCCC)CSCC(C)(C(=O)O)c1ccccc1. The summed E-state index contributed by atoms with van der Waals surface area (Å²) >= 11 is 1.82. The first kappa shape index (κ1) is 22.1. The molecular weight excluding hydrogens is 328 g/mol. The monoisotopic (exact) mass is 364 g/mol. The molecule has 3 heteroatoms. The van der Waals surface area contributed by atoms with Gasteiger partial charge in [0.05, 0.1) is 5.41 Å². The summed E-state index contributed by atoms with van der Waals surface area (Å²) in [5.41, 5.74) is 0.103. The van der Waals surface area contributed by atoms with Crippen LogP contribution in [0.2, 0.25) is 0 Å². The summed E-state index contributed by atoms with van der Waals surface area (Å²) in [5, 5.41) is 9.78. The van der Waals surface area contributed by atoms with Crippen LogP contribution in [0.15, 0.2) is 30.3 Å². The second-order valence-electron chi connectivity index (χ2n) is 7.38. The molecule has 0 bridgehead atoms. The van der Waals surface area contributed by atoms with Crippen LogP contribution in [0.4, 0.5) is 0 Å². The lowest BCUT2D eigenvalue weighted by Gasteiger charge is -2.26. The highest BCUT2D eigenvalue weighted by molar-refractivity contribution is 7.99. The van der Waals surface area contributed by atoms with Crippen LogP contribution >= 0.6 is 11.8 Å². The second-order valence-corrected chi connectivity index (χ2v) is 8.41. The zero-order valence-corrected chi connectivity index (χ0v) is 17.1. The van der Waals surface area contributed by atoms with E-state index in [1.165, 1.54) is 51.4 Å². The van der Waals surface area contributed by atoms with Crippen molar-refractivity contribution >= 4 is 17.7 Å². The van der Waals surface area contributed by atoms with Crippen molar-refractivity contribution in [3.05, 3.63) is 35.9 Å². The Balaban J connectivity index is 2.56. The summed E-state index contributed by atoms with van der Waals surface area (Å²) in [4.78, 5) is 11.9. The number of thioether (sulfide) groups is 1. The van der Waals surface area contributed by atoms with E-state index in [2.05, 4.69) is 13.8 Å². The topological polar surface area (TPSA) is 37.3 Å². The molecule has 25 heavy (non-hydrogen) atoms. The first-order valence-electron chi connectivity index (χ1n) is 9.91. The number of carboxylic acid groups (broad SMARTS) is 1. The van der Waals surface area contributed by atoms with E-state index in [0.717, 1.165) is 17.2 Å². The van der Waals surface area contributed by atoms with E-state index >= 15 is 0 Å². The Morgan fingerprint density at radius 1 is 1.04 bits per heavy atom. The molecule has 0 amide bonds. The molecule has 0 radical (unpaired) electrons. The van der Waals surface area contributed by atoms with Gasteiger partial charge in [0.1, 0.15) is 0 Å². The van der Waals surface area contributed by atoms with Crippen LogP contribution < -0.4 is 0 Å². The lowest BCUT2D eigenvalue weighted by molar-refractivity contribution is -0.142. The van der Waals surface area contributed by atoms with Crippen molar-refractivity contribution in [3.8, 4) is 0 Å². The minimum absolute atomic E-state index is 0.643. The van der Waals surface area contributed by atoms with Gasteiger partial charge in [0.25, 0.3) is 0 Å². The maximum atomic E-state index is 11.9. The maximum Gasteiger partial charge on any atom is 0.314 e. The molecule has 0 spiro atoms. The van der Waals surface area contributed by atoms with E-state index in [9.17, 15) is 9.90 Å². The van der Waals surface area contributed by atoms with E-state index in [-0.39, 0.29) is 0 Å². The van der Waals surface area contributed by atoms with Crippen molar-refractivity contribution in [1.82, 2.24) is 0 Å². The summed E-state index contributed by atoms with van der Waals surface area (Å²) in [7, 11) is 0. The third-order valence-corrected chi connectivity index (χ3v) is 6.55. The van der Waals surface area contributed by atoms with Gasteiger partial charge in [0.15, 0.2) is 0 Å². The summed E-state index contributed by atoms with van der Waals surface area (Å²) in [5.74, 6) is 1.74. The number of hydrogen-bond acceptors (Lipinski definition) is 2. The molecule has 1 rings (SSSR count). The predicted molar refractivity (Wildman–Crippen MR) is 111 cm³/mol. The van der Waals surface area contributed by atoms with Crippen LogP contribution in [0.3, 0.4) is 0 Å². The number of benzene rings is 1. The maximum absolute atomic E-state index is 11.9. The Morgan fingerprint density at radius 2 is 1.68 bits per heavy atom. The minimum Gasteiger partial charge on any atom is -0.481 e. The Bertz CT molecular complexity index is 474. The first-order chi connectivity index (χ1) is 12.0. The van der Waals surface area contributed by atoms with Crippen LogP contribution in [0.1, 0.15) is 77.7 Å². The quantitative estimate of drug-likeness (QED) is 0.381. The standard InChI is InChI=1S/C22H36O2S/c1-4-6-8-10-14-19(13-7-5-2)17-25-18-22(3,21(23)24)20-15-11-9-12-16-20/h9,11-12,15-16,19H,4-8,10,13-14,17-18H2,1-3H3,(H,23,24). The third-order valence-electron chi connectivity index (χ3n) is 5.06. The Hall–Kier alpha value is -0.960. The zero-order valence-electron chi connectivity index (χ0n) is 16.3. The Kier molecular flexibility index (Phi) is 11.0. The molecule has 0 heterocycles. The number of carbonyl (C=O) groups is 1. The number of carboxylic acids is 1. The molecule has 2 nitrogen and oxygen atoms in total. The Morgan fingerprint density at radius 3 is 2.28 bits per heavy atom. The van der Waals surface area contributed by atoms with Gasteiger partial charge in [-0.3, -0.25) is 4.79 Å². The van der Waals surface area contributed by atoms with E-state index < -0.39 is 11.4 Å². The molecule has 0 fully saturated rings. The van der Waals surface area contributed by atoms with Gasteiger partial charge in [-0.25, -0.2) is 0 Å². The fourth-order valence-electron chi connectivity index (χ4n) is 3.17. The van der Waals surface area contributed by atoms with Crippen LogP contribution in [0, 0.1) is 5.92 Å². The predicted octanol–water partition coefficient (Wildman–Crippen LogP) is 6.54. The van der Waals surface area contributed by atoms with Gasteiger partial charge in [0.2, 0.25) is 0 Å². The smallest absolute Gasteiger partial charge is 0.314 e. The largest absolute Gasteiger partial charge is 0.481 e. The van der Waals surface area contributed by atoms with Gasteiger partial charge >= 0.3 is 5.97 Å². The van der Waals surface area contributed by atoms with E-state index in [1.807, 2.05) is 49.0 Å². The van der Waals surface area contributed by atoms with Gasteiger partial charge in [-0.1, -0.05) is 82.7 Å². The number of rotatable bonds is 14. The minimum atomic E-state index is -0.802. The van der Waals surface area contributed by atoms with Crippen molar-refractivity contribution in [2.75, 3.05) is 11.5 Å². The summed E-state index contributed by atoms with van der Waals surface area (Å²) in [6, 6.07) is 9.68. The van der Waals surface area contributed by atoms with Crippen molar-refractivity contribution in [3.63, 3.8) is 0 Å². The van der Waals surface area contributed by atoms with Crippen molar-refractivity contribution in [2.45, 2.75) is 77.6 Å². The summed E-state index contributed by atoms with van der Waals surface area (Å²) < 4.78 is 0. The number of unbranched alkanes of at least 4 members (excludes halogenated alkanes) is 4. The zero-order chi connectivity index (χ0) is 18.5. The molecule has 2 atom stereocenters. The van der Waals surface area contributed by atoms with Gasteiger partial charge in [-0.05, 0) is 37.0 Å². The summed E-state index contributed by atoms with van der Waals surface area (Å²) in [6.07, 6.45) is 10.4. The lowest BCUT2D eigenvalue weighted by atomic mass is 9.85. The molecule has 0 saturated heterocycles. The fourth-order valence-corrected chi connectivity index (χ4v) is 4.65. The average molecular weight is 365 g/mol. The first-order valence-corrected chi connectivity index (χ1v) is 11.1. The van der Waals surface area contributed by atoms with E-state index in [0.29, 0.717) is 5.75 Å². The van der Waals surface area contributed by atoms with Crippen molar-refractivity contribution in [2.24, 2.45) is 5.92 Å². The molecule has 1 aromatic rings. The molecule has 0 aliphatic rings. The highest BCUT2D eigenvalue weighted by atomic mass is 32.2. The van der Waals surface area contributed by atoms with E-state index in [4.69, 9.17) is 0 Å². The summed E-state index contributed by atoms with van der Waals surface area (Å²) in [6.45, 7) is 6.36. The average Bonchev–Trinajstić information content (AvgIpc) is 2.63. The van der Waals surface area contributed by atoms with Gasteiger partial charge in [-0.15, -0.1) is 0 Å². The van der Waals surface area contributed by atoms with Crippen molar-refractivity contribution in [1.29, 1.82) is 0 Å². The highest BCUT2D eigenvalue weighted by Crippen LogP contribution is 2.31. The van der Waals surface area contributed by atoms with E-state index in [1.54, 1.807) is 0 Å². The van der Waals surface area contributed by atoms with Crippen LogP contribution in [0.5, 0.6) is 0 Å². The Labute approximate surface area is 158 Å². The molecule has 0 aliphatic carbocycles. The molecular formula is C22H36O2S. The normalized spacial score (nSPS) is 14.8. The molecule has 0 aromatic heterocycles. The molecule has 2 unspecified atom stereocenters.